The summed E-state index contributed by atoms with van der Waals surface area (Å²) in [5, 5.41) is 0. The van der Waals surface area contributed by atoms with Gasteiger partial charge in [-0.15, -0.1) is 11.4 Å². The van der Waals surface area contributed by atoms with Gasteiger partial charge in [-0.05, 0) is 0 Å². The maximum absolute atomic E-state index is 8.55. The molecule has 0 atom stereocenters. The molecule has 0 N–H and O–H groups in total. The predicted molar refractivity (Wildman–Crippen MR) is 17.3 cm³/mol. The van der Waals surface area contributed by atoms with E-state index in [0.717, 1.165) is 0 Å². The average Bonchev–Trinajstić information content (AvgIpc) is 1.19. The molecule has 7 nitrogen and oxygen atoms in total. The molecular weight excluding hydrogens is 290 g/mol. The Morgan fingerprint density at radius 2 is 0.786 bits per heavy atom. The van der Waals surface area contributed by atoms with E-state index in [2.05, 4.69) is 0 Å². The smallest absolute Gasteiger partial charge is 0.822 e. The molecule has 0 saturated carbocycles. The standard InChI is InChI=1S/5Na.H3O4P.H2O3S/c;;;;;1-5(2,3)4;1-4(2)3/h;;;;;(H3,1,2,3,4);(H2,1,2,3)/q5*+1;;/p-5. The quantitative estimate of drug-likeness (QED) is 0.244. The Labute approximate surface area is 195 Å². The second-order valence-electron chi connectivity index (χ2n) is 0.651. The Morgan fingerprint density at radius 1 is 0.786 bits per heavy atom. The first-order chi connectivity index (χ1) is 3.73. The zero-order valence-electron chi connectivity index (χ0n) is 8.71. The third-order valence-corrected chi connectivity index (χ3v) is 0. The molecule has 0 aliphatic heterocycles. The number of rotatable bonds is 0. The molecule has 58 valence electrons. The molecule has 0 aromatic heterocycles. The van der Waals surface area contributed by atoms with Crippen LogP contribution >= 0.6 is 7.82 Å². The van der Waals surface area contributed by atoms with E-state index < -0.39 is 19.2 Å². The summed E-state index contributed by atoms with van der Waals surface area (Å²) in [6.45, 7) is 0. The molecule has 0 bridgehead atoms. The Kier molecular flexibility index (Phi) is 81.5. The summed E-state index contributed by atoms with van der Waals surface area (Å²) in [6.07, 6.45) is 0. The summed E-state index contributed by atoms with van der Waals surface area (Å²) in [7, 11) is -5.39. The first-order valence-corrected chi connectivity index (χ1v) is 3.69. The fourth-order valence-electron chi connectivity index (χ4n) is 0. The third kappa shape index (κ3) is 168. The number of phosphoric acid groups is 1. The molecule has 0 aromatic rings. The molecule has 0 fully saturated rings. The van der Waals surface area contributed by atoms with E-state index in [1.165, 1.54) is 0 Å². The molecule has 0 rings (SSSR count). The van der Waals surface area contributed by atoms with Gasteiger partial charge in [0, 0.05) is 0 Å². The van der Waals surface area contributed by atoms with E-state index >= 15 is 0 Å². The monoisotopic (exact) mass is 290 g/mol. The molecule has 14 heteroatoms. The van der Waals surface area contributed by atoms with Crippen LogP contribution in [0.25, 0.3) is 0 Å². The van der Waals surface area contributed by atoms with Crippen molar-refractivity contribution in [2.24, 2.45) is 0 Å². The van der Waals surface area contributed by atoms with E-state index in [1.54, 1.807) is 0 Å². The van der Waals surface area contributed by atoms with E-state index in [0.29, 0.717) is 0 Å². The minimum Gasteiger partial charge on any atom is -0.822 e. The largest absolute Gasteiger partial charge is 1.00 e. The zero-order chi connectivity index (χ0) is 8.08. The molecule has 0 unspecified atom stereocenters. The predicted octanol–water partition coefficient (Wildman–Crippen LogP) is -18.8. The van der Waals surface area contributed by atoms with Crippen LogP contribution < -0.4 is 162 Å². The summed E-state index contributed by atoms with van der Waals surface area (Å²) < 4.78 is 33.9. The van der Waals surface area contributed by atoms with Crippen LogP contribution in [-0.2, 0) is 15.9 Å². The van der Waals surface area contributed by atoms with Gasteiger partial charge >= 0.3 is 148 Å². The second-order valence-corrected chi connectivity index (χ2v) is 1.95. The van der Waals surface area contributed by atoms with Gasteiger partial charge in [0.05, 0.1) is 0 Å². The Hall–Kier alpha value is 5.18. The topological polar surface area (TPSA) is 149 Å². The Balaban J connectivity index is -0.0000000104. The van der Waals surface area contributed by atoms with Crippen LogP contribution in [0.15, 0.2) is 0 Å². The van der Waals surface area contributed by atoms with Crippen molar-refractivity contribution in [2.75, 3.05) is 0 Å². The van der Waals surface area contributed by atoms with Gasteiger partial charge in [0.2, 0.25) is 0 Å². The van der Waals surface area contributed by atoms with Gasteiger partial charge in [-0.2, -0.15) is 7.82 Å². The molecule has 0 amide bonds. The molecular formula is Na5O7PS. The van der Waals surface area contributed by atoms with Gasteiger partial charge in [-0.3, -0.25) is 4.21 Å². The summed E-state index contributed by atoms with van der Waals surface area (Å²) in [4.78, 5) is 25.6. The summed E-state index contributed by atoms with van der Waals surface area (Å²) >= 11 is -3.11. The van der Waals surface area contributed by atoms with Gasteiger partial charge in [-0.25, -0.2) is 0 Å². The van der Waals surface area contributed by atoms with Crippen molar-refractivity contribution in [3.63, 3.8) is 0 Å². The normalized spacial score (nSPS) is 6.71. The molecule has 0 aliphatic rings. The van der Waals surface area contributed by atoms with Crippen LogP contribution in [-0.4, -0.2) is 13.3 Å². The molecule has 0 radical (unpaired) electrons. The van der Waals surface area contributed by atoms with Crippen molar-refractivity contribution < 1.29 is 180 Å². The van der Waals surface area contributed by atoms with E-state index in [9.17, 15) is 0 Å². The fourth-order valence-corrected chi connectivity index (χ4v) is 0. The van der Waals surface area contributed by atoms with E-state index in [1.807, 2.05) is 0 Å². The van der Waals surface area contributed by atoms with Crippen molar-refractivity contribution in [1.82, 2.24) is 0 Å². The summed E-state index contributed by atoms with van der Waals surface area (Å²) in [5.41, 5.74) is 0. The number of hydrogen-bond acceptors (Lipinski definition) is 7. The maximum atomic E-state index is 8.55. The zero-order valence-corrected chi connectivity index (χ0v) is 20.4. The van der Waals surface area contributed by atoms with Crippen molar-refractivity contribution in [3.8, 4) is 0 Å². The van der Waals surface area contributed by atoms with Crippen LogP contribution in [0.2, 0.25) is 0 Å². The maximum Gasteiger partial charge on any atom is 1.00 e. The van der Waals surface area contributed by atoms with Crippen LogP contribution in [0.3, 0.4) is 0 Å². The molecule has 0 saturated heterocycles. The molecule has 0 spiro atoms. The first kappa shape index (κ1) is 42.7. The first-order valence-electron chi connectivity index (χ1n) is 1.23. The van der Waals surface area contributed by atoms with Crippen LogP contribution in [0.1, 0.15) is 0 Å². The molecule has 0 aromatic carbocycles. The molecule has 0 aliphatic carbocycles. The van der Waals surface area contributed by atoms with Gasteiger partial charge in [-0.1, -0.05) is 0 Å². The van der Waals surface area contributed by atoms with Gasteiger partial charge in [0.25, 0.3) is 0 Å². The van der Waals surface area contributed by atoms with E-state index in [-0.39, 0.29) is 148 Å². The molecule has 14 heavy (non-hydrogen) atoms. The molecule has 0 heterocycles. The van der Waals surface area contributed by atoms with Crippen molar-refractivity contribution >= 4 is 19.2 Å². The fraction of sp³-hybridized carbons (Fsp3) is 0. The Morgan fingerprint density at radius 3 is 0.786 bits per heavy atom. The summed E-state index contributed by atoms with van der Waals surface area (Å²) in [5.74, 6) is 0. The van der Waals surface area contributed by atoms with Gasteiger partial charge < -0.3 is 28.4 Å². The third-order valence-electron chi connectivity index (χ3n) is 0. The van der Waals surface area contributed by atoms with Crippen molar-refractivity contribution in [2.45, 2.75) is 0 Å². The minimum atomic E-state index is -5.39. The number of hydrogen-bond donors (Lipinski definition) is 0. The van der Waals surface area contributed by atoms with Crippen molar-refractivity contribution in [3.05, 3.63) is 0 Å². The minimum absolute atomic E-state index is 0. The van der Waals surface area contributed by atoms with Crippen LogP contribution in [0, 0.1) is 0 Å². The SMILES string of the molecule is O=P([O-])([O-])[O-].O=S([O-])[O-].[Na+].[Na+].[Na+].[Na+].[Na+]. The average molecular weight is 290 g/mol. The van der Waals surface area contributed by atoms with Crippen LogP contribution in [0.4, 0.5) is 0 Å². The Bertz CT molecular complexity index is 122. The van der Waals surface area contributed by atoms with Gasteiger partial charge in [0.15, 0.2) is 0 Å². The second kappa shape index (κ2) is 26.7. The van der Waals surface area contributed by atoms with Gasteiger partial charge in [0.1, 0.15) is 0 Å². The van der Waals surface area contributed by atoms with Crippen LogP contribution in [0.5, 0.6) is 0 Å². The summed E-state index contributed by atoms with van der Waals surface area (Å²) in [6, 6.07) is 0. The van der Waals surface area contributed by atoms with E-state index in [4.69, 9.17) is 32.6 Å². The van der Waals surface area contributed by atoms with Crippen molar-refractivity contribution in [1.29, 1.82) is 0 Å².